The smallest absolute Gasteiger partial charge is 0.0812 e. The Morgan fingerprint density at radius 1 is 1.44 bits per heavy atom. The van der Waals surface area contributed by atoms with Crippen LogP contribution in [-0.2, 0) is 13.0 Å². The van der Waals surface area contributed by atoms with Gasteiger partial charge in [-0.15, -0.1) is 0 Å². The van der Waals surface area contributed by atoms with Gasteiger partial charge in [0.2, 0.25) is 0 Å². The summed E-state index contributed by atoms with van der Waals surface area (Å²) in [6, 6.07) is 2.12. The number of aliphatic hydroxyl groups excluding tert-OH is 1. The number of aromatic nitrogens is 1. The lowest BCUT2D eigenvalue weighted by atomic mass is 9.75. The molecule has 1 aliphatic carbocycles. The van der Waals surface area contributed by atoms with Gasteiger partial charge in [-0.25, -0.2) is 0 Å². The van der Waals surface area contributed by atoms with Crippen LogP contribution in [-0.4, -0.2) is 9.67 Å². The standard InChI is InChI=1S/C16H27NO/c1-12(2)6-5-8-17-9-7-13-14(17)10-16(3,4)11-15(13)18/h7,9,12,15,18H,5-6,8,10-11H2,1-4H3. The fourth-order valence-corrected chi connectivity index (χ4v) is 3.07. The molecule has 2 heteroatoms. The summed E-state index contributed by atoms with van der Waals surface area (Å²) in [6.45, 7) is 10.2. The van der Waals surface area contributed by atoms with E-state index in [0.29, 0.717) is 0 Å². The van der Waals surface area contributed by atoms with Crippen LogP contribution < -0.4 is 0 Å². The van der Waals surface area contributed by atoms with Crippen molar-refractivity contribution in [2.75, 3.05) is 0 Å². The van der Waals surface area contributed by atoms with Gasteiger partial charge in [-0.3, -0.25) is 0 Å². The molecule has 102 valence electrons. The predicted molar refractivity (Wildman–Crippen MR) is 75.6 cm³/mol. The third-order valence-electron chi connectivity index (χ3n) is 4.05. The fourth-order valence-electron chi connectivity index (χ4n) is 3.07. The molecule has 1 heterocycles. The highest BCUT2D eigenvalue weighted by atomic mass is 16.3. The summed E-state index contributed by atoms with van der Waals surface area (Å²) in [4.78, 5) is 0. The van der Waals surface area contributed by atoms with E-state index in [1.165, 1.54) is 24.1 Å². The summed E-state index contributed by atoms with van der Waals surface area (Å²) < 4.78 is 2.36. The van der Waals surface area contributed by atoms with Crippen LogP contribution in [0.5, 0.6) is 0 Å². The topological polar surface area (TPSA) is 25.2 Å². The Morgan fingerprint density at radius 2 is 2.17 bits per heavy atom. The van der Waals surface area contributed by atoms with Gasteiger partial charge in [0.05, 0.1) is 6.10 Å². The second kappa shape index (κ2) is 5.08. The third-order valence-corrected chi connectivity index (χ3v) is 4.05. The number of aliphatic hydroxyl groups is 1. The van der Waals surface area contributed by atoms with E-state index in [0.717, 1.165) is 25.3 Å². The number of hydrogen-bond donors (Lipinski definition) is 1. The minimum absolute atomic E-state index is 0.223. The zero-order chi connectivity index (χ0) is 13.3. The Labute approximate surface area is 111 Å². The van der Waals surface area contributed by atoms with E-state index < -0.39 is 0 Å². The molecule has 18 heavy (non-hydrogen) atoms. The number of nitrogens with zero attached hydrogens (tertiary/aromatic N) is 1. The Morgan fingerprint density at radius 3 is 2.83 bits per heavy atom. The Bertz CT molecular complexity index is 403. The molecule has 1 N–H and O–H groups in total. The van der Waals surface area contributed by atoms with Gasteiger partial charge in [0.25, 0.3) is 0 Å². The summed E-state index contributed by atoms with van der Waals surface area (Å²) in [5, 5.41) is 10.2. The monoisotopic (exact) mass is 249 g/mol. The molecule has 0 fully saturated rings. The van der Waals surface area contributed by atoms with Gasteiger partial charge < -0.3 is 9.67 Å². The maximum absolute atomic E-state index is 10.2. The van der Waals surface area contributed by atoms with Gasteiger partial charge in [0.1, 0.15) is 0 Å². The van der Waals surface area contributed by atoms with Crippen molar-refractivity contribution in [3.05, 3.63) is 23.5 Å². The van der Waals surface area contributed by atoms with Crippen LogP contribution >= 0.6 is 0 Å². The summed E-state index contributed by atoms with van der Waals surface area (Å²) in [5.74, 6) is 0.776. The normalized spacial score (nSPS) is 22.2. The van der Waals surface area contributed by atoms with Crippen LogP contribution in [0.1, 0.15) is 64.3 Å². The molecule has 1 atom stereocenters. The summed E-state index contributed by atoms with van der Waals surface area (Å²) >= 11 is 0. The average molecular weight is 249 g/mol. The van der Waals surface area contributed by atoms with Crippen molar-refractivity contribution in [1.82, 2.24) is 4.57 Å². The van der Waals surface area contributed by atoms with E-state index in [2.05, 4.69) is 44.5 Å². The molecule has 0 spiro atoms. The van der Waals surface area contributed by atoms with Crippen molar-refractivity contribution in [3.63, 3.8) is 0 Å². The maximum atomic E-state index is 10.2. The first-order valence-electron chi connectivity index (χ1n) is 7.25. The van der Waals surface area contributed by atoms with Crippen molar-refractivity contribution in [2.24, 2.45) is 11.3 Å². The SMILES string of the molecule is CC(C)CCCn1ccc2c1CC(C)(C)CC2O. The quantitative estimate of drug-likeness (QED) is 0.859. The van der Waals surface area contributed by atoms with Gasteiger partial charge >= 0.3 is 0 Å². The van der Waals surface area contributed by atoms with Crippen molar-refractivity contribution >= 4 is 0 Å². The number of hydrogen-bond acceptors (Lipinski definition) is 1. The zero-order valence-corrected chi connectivity index (χ0v) is 12.2. The van der Waals surface area contributed by atoms with Crippen LogP contribution in [0.15, 0.2) is 12.3 Å². The molecule has 0 aromatic carbocycles. The Hall–Kier alpha value is -0.760. The van der Waals surface area contributed by atoms with E-state index >= 15 is 0 Å². The molecule has 0 amide bonds. The second-order valence-corrected chi connectivity index (χ2v) is 7.01. The van der Waals surface area contributed by atoms with E-state index in [9.17, 15) is 5.11 Å². The number of fused-ring (bicyclic) bond motifs is 1. The van der Waals surface area contributed by atoms with Crippen LogP contribution in [0.3, 0.4) is 0 Å². The van der Waals surface area contributed by atoms with Crippen LogP contribution in [0.2, 0.25) is 0 Å². The highest BCUT2D eigenvalue weighted by molar-refractivity contribution is 5.29. The number of aryl methyl sites for hydroxylation is 1. The van der Waals surface area contributed by atoms with Crippen molar-refractivity contribution in [2.45, 2.75) is 66.0 Å². The van der Waals surface area contributed by atoms with Crippen LogP contribution in [0.25, 0.3) is 0 Å². The summed E-state index contributed by atoms with van der Waals surface area (Å²) in [5.41, 5.74) is 2.75. The minimum Gasteiger partial charge on any atom is -0.388 e. The van der Waals surface area contributed by atoms with Gasteiger partial charge in [0.15, 0.2) is 0 Å². The average Bonchev–Trinajstić information content (AvgIpc) is 2.59. The van der Waals surface area contributed by atoms with Crippen molar-refractivity contribution in [1.29, 1.82) is 0 Å². The van der Waals surface area contributed by atoms with Crippen LogP contribution in [0.4, 0.5) is 0 Å². The summed E-state index contributed by atoms with van der Waals surface area (Å²) in [6.07, 6.45) is 6.38. The molecule has 2 rings (SSSR count). The first-order valence-corrected chi connectivity index (χ1v) is 7.25. The highest BCUT2D eigenvalue weighted by Crippen LogP contribution is 2.41. The van der Waals surface area contributed by atoms with Gasteiger partial charge in [0, 0.05) is 24.0 Å². The van der Waals surface area contributed by atoms with Gasteiger partial charge in [-0.1, -0.05) is 27.7 Å². The largest absolute Gasteiger partial charge is 0.388 e. The molecular formula is C16H27NO. The maximum Gasteiger partial charge on any atom is 0.0812 e. The van der Waals surface area contributed by atoms with E-state index in [4.69, 9.17) is 0 Å². The molecule has 0 bridgehead atoms. The molecule has 2 nitrogen and oxygen atoms in total. The van der Waals surface area contributed by atoms with Crippen LogP contribution in [0, 0.1) is 11.3 Å². The molecule has 1 aromatic heterocycles. The van der Waals surface area contributed by atoms with Gasteiger partial charge in [-0.05, 0) is 43.1 Å². The van der Waals surface area contributed by atoms with Crippen molar-refractivity contribution in [3.8, 4) is 0 Å². The van der Waals surface area contributed by atoms with E-state index in [1.807, 2.05) is 0 Å². The lowest BCUT2D eigenvalue weighted by Gasteiger charge is -2.34. The molecule has 0 radical (unpaired) electrons. The zero-order valence-electron chi connectivity index (χ0n) is 12.2. The predicted octanol–water partition coefficient (Wildman–Crippen LogP) is 3.93. The highest BCUT2D eigenvalue weighted by Gasteiger charge is 2.32. The lowest BCUT2D eigenvalue weighted by molar-refractivity contribution is 0.0979. The second-order valence-electron chi connectivity index (χ2n) is 7.01. The Balaban J connectivity index is 2.10. The molecule has 0 saturated heterocycles. The van der Waals surface area contributed by atoms with Gasteiger partial charge in [-0.2, -0.15) is 0 Å². The minimum atomic E-state index is -0.268. The third kappa shape index (κ3) is 2.97. The Kier molecular flexibility index (Phi) is 3.86. The molecule has 0 saturated carbocycles. The lowest BCUT2D eigenvalue weighted by Crippen LogP contribution is -2.26. The molecular weight excluding hydrogens is 222 g/mol. The molecule has 1 aromatic rings. The molecule has 1 aliphatic rings. The summed E-state index contributed by atoms with van der Waals surface area (Å²) in [7, 11) is 0. The number of rotatable bonds is 4. The van der Waals surface area contributed by atoms with Crippen molar-refractivity contribution < 1.29 is 5.11 Å². The first-order chi connectivity index (χ1) is 8.39. The van der Waals surface area contributed by atoms with E-state index in [1.54, 1.807) is 0 Å². The molecule has 0 aliphatic heterocycles. The molecule has 1 unspecified atom stereocenters. The fraction of sp³-hybridized carbons (Fsp3) is 0.750. The first kappa shape index (κ1) is 13.7. The van der Waals surface area contributed by atoms with E-state index in [-0.39, 0.29) is 11.5 Å².